The molecule has 13 heavy (non-hydrogen) atoms. The monoisotopic (exact) mass is 186 g/mol. The molecule has 0 aliphatic heterocycles. The van der Waals surface area contributed by atoms with Crippen LogP contribution in [0, 0.1) is 5.92 Å². The molecule has 1 saturated carbocycles. The van der Waals surface area contributed by atoms with Gasteiger partial charge in [-0.3, -0.25) is 4.79 Å². The summed E-state index contributed by atoms with van der Waals surface area (Å²) in [5, 5.41) is 0. The number of hydrogen-bond acceptors (Lipinski definition) is 2. The van der Waals surface area contributed by atoms with Crippen molar-refractivity contribution in [3.63, 3.8) is 0 Å². The first-order chi connectivity index (χ1) is 5.95. The third kappa shape index (κ3) is 9.38. The van der Waals surface area contributed by atoms with Crippen LogP contribution in [0.15, 0.2) is 0 Å². The second-order valence-electron chi connectivity index (χ2n) is 4.72. The van der Waals surface area contributed by atoms with E-state index in [1.54, 1.807) is 0 Å². The van der Waals surface area contributed by atoms with Gasteiger partial charge in [0.2, 0.25) is 0 Å². The molecule has 2 nitrogen and oxygen atoms in total. The van der Waals surface area contributed by atoms with Gasteiger partial charge in [-0.2, -0.15) is 0 Å². The minimum Gasteiger partial charge on any atom is -0.462 e. The molecule has 0 aromatic carbocycles. The lowest BCUT2D eigenvalue weighted by atomic mass is 10.2. The molecule has 0 atom stereocenters. The van der Waals surface area contributed by atoms with E-state index in [2.05, 4.69) is 11.7 Å². The van der Waals surface area contributed by atoms with Crippen molar-refractivity contribution in [3.05, 3.63) is 0 Å². The summed E-state index contributed by atoms with van der Waals surface area (Å²) in [5.41, 5.74) is -0.318. The van der Waals surface area contributed by atoms with E-state index in [0.717, 1.165) is 5.92 Å². The Morgan fingerprint density at radius 1 is 1.23 bits per heavy atom. The standard InChI is InChI=1S/C6H12.C5H10O2/c1-6-4-2-3-5-6;1-5(2,3)7-4-6/h6H,2-5H2,1H3;4H,1-3H3. The summed E-state index contributed by atoms with van der Waals surface area (Å²) in [4.78, 5) is 9.60. The SMILES string of the molecule is CC(C)(C)OC=O.CC1CCCC1. The fourth-order valence-corrected chi connectivity index (χ4v) is 1.27. The number of ether oxygens (including phenoxy) is 1. The molecule has 0 aromatic heterocycles. The first-order valence-corrected chi connectivity index (χ1v) is 5.07. The number of rotatable bonds is 1. The maximum atomic E-state index is 9.60. The molecule has 0 heterocycles. The van der Waals surface area contributed by atoms with Gasteiger partial charge in [0.25, 0.3) is 6.47 Å². The average molecular weight is 186 g/mol. The zero-order valence-corrected chi connectivity index (χ0v) is 9.30. The highest BCUT2D eigenvalue weighted by atomic mass is 16.5. The van der Waals surface area contributed by atoms with Crippen molar-refractivity contribution < 1.29 is 9.53 Å². The molecule has 0 bridgehead atoms. The summed E-state index contributed by atoms with van der Waals surface area (Å²) < 4.78 is 4.55. The summed E-state index contributed by atoms with van der Waals surface area (Å²) >= 11 is 0. The van der Waals surface area contributed by atoms with Crippen molar-refractivity contribution >= 4 is 6.47 Å². The van der Waals surface area contributed by atoms with E-state index in [9.17, 15) is 4.79 Å². The first-order valence-electron chi connectivity index (χ1n) is 5.07. The summed E-state index contributed by atoms with van der Waals surface area (Å²) in [6.07, 6.45) is 5.95. The van der Waals surface area contributed by atoms with Crippen LogP contribution in [0.5, 0.6) is 0 Å². The Labute approximate surface area is 81.7 Å². The zero-order valence-electron chi connectivity index (χ0n) is 9.30. The van der Waals surface area contributed by atoms with Crippen LogP contribution in [0.1, 0.15) is 53.4 Å². The van der Waals surface area contributed by atoms with Crippen molar-refractivity contribution in [3.8, 4) is 0 Å². The molecule has 78 valence electrons. The Morgan fingerprint density at radius 3 is 1.77 bits per heavy atom. The van der Waals surface area contributed by atoms with E-state index in [1.807, 2.05) is 20.8 Å². The molecule has 0 saturated heterocycles. The second-order valence-corrected chi connectivity index (χ2v) is 4.72. The summed E-state index contributed by atoms with van der Waals surface area (Å²) in [6.45, 7) is 8.26. The van der Waals surface area contributed by atoms with Gasteiger partial charge in [0.05, 0.1) is 0 Å². The molecule has 0 radical (unpaired) electrons. The van der Waals surface area contributed by atoms with Crippen LogP contribution in [-0.2, 0) is 9.53 Å². The Balaban J connectivity index is 0.000000223. The Kier molecular flexibility index (Phi) is 5.76. The zero-order chi connectivity index (χ0) is 10.3. The minimum absolute atomic E-state index is 0.318. The molecule has 1 fully saturated rings. The fraction of sp³-hybridized carbons (Fsp3) is 0.909. The molecule has 0 spiro atoms. The highest BCUT2D eigenvalue weighted by molar-refractivity contribution is 5.37. The van der Waals surface area contributed by atoms with Crippen LogP contribution in [0.4, 0.5) is 0 Å². The molecule has 0 N–H and O–H groups in total. The van der Waals surface area contributed by atoms with Gasteiger partial charge in [0, 0.05) is 0 Å². The minimum atomic E-state index is -0.318. The lowest BCUT2D eigenvalue weighted by Crippen LogP contribution is -2.17. The molecule has 2 heteroatoms. The van der Waals surface area contributed by atoms with E-state index in [1.165, 1.54) is 25.7 Å². The molecule has 1 rings (SSSR count). The van der Waals surface area contributed by atoms with Gasteiger partial charge in [-0.1, -0.05) is 32.6 Å². The predicted octanol–water partition coefficient (Wildman–Crippen LogP) is 3.15. The van der Waals surface area contributed by atoms with Crippen molar-refractivity contribution in [2.45, 2.75) is 59.0 Å². The quantitative estimate of drug-likeness (QED) is 0.588. The van der Waals surface area contributed by atoms with Gasteiger partial charge in [-0.05, 0) is 26.7 Å². The lowest BCUT2D eigenvalue weighted by Gasteiger charge is -2.14. The van der Waals surface area contributed by atoms with Crippen molar-refractivity contribution in [1.29, 1.82) is 0 Å². The van der Waals surface area contributed by atoms with E-state index in [0.29, 0.717) is 6.47 Å². The number of carbonyl (C=O) groups is 1. The van der Waals surface area contributed by atoms with E-state index in [4.69, 9.17) is 0 Å². The summed E-state index contributed by atoms with van der Waals surface area (Å²) in [5.74, 6) is 1.05. The molecule has 0 amide bonds. The van der Waals surface area contributed by atoms with E-state index >= 15 is 0 Å². The molecule has 0 unspecified atom stereocenters. The van der Waals surface area contributed by atoms with Crippen LogP contribution in [0.3, 0.4) is 0 Å². The van der Waals surface area contributed by atoms with Crippen LogP contribution in [0.2, 0.25) is 0 Å². The molecule has 0 aromatic rings. The normalized spacial score (nSPS) is 17.5. The lowest BCUT2D eigenvalue weighted by molar-refractivity contribution is -0.138. The molecule has 1 aliphatic rings. The number of hydrogen-bond donors (Lipinski definition) is 0. The van der Waals surface area contributed by atoms with Gasteiger partial charge in [-0.25, -0.2) is 0 Å². The van der Waals surface area contributed by atoms with Gasteiger partial charge in [0.15, 0.2) is 0 Å². The second kappa shape index (κ2) is 6.01. The van der Waals surface area contributed by atoms with Crippen molar-refractivity contribution in [1.82, 2.24) is 0 Å². The maximum absolute atomic E-state index is 9.60. The van der Waals surface area contributed by atoms with Gasteiger partial charge in [0.1, 0.15) is 5.60 Å². The van der Waals surface area contributed by atoms with E-state index in [-0.39, 0.29) is 5.60 Å². The first kappa shape index (κ1) is 12.5. The van der Waals surface area contributed by atoms with E-state index < -0.39 is 0 Å². The van der Waals surface area contributed by atoms with Gasteiger partial charge in [-0.15, -0.1) is 0 Å². The topological polar surface area (TPSA) is 26.3 Å². The summed E-state index contributed by atoms with van der Waals surface area (Å²) in [6, 6.07) is 0. The third-order valence-corrected chi connectivity index (χ3v) is 2.05. The van der Waals surface area contributed by atoms with Crippen LogP contribution in [-0.4, -0.2) is 12.1 Å². The largest absolute Gasteiger partial charge is 0.462 e. The van der Waals surface area contributed by atoms with Crippen molar-refractivity contribution in [2.24, 2.45) is 5.92 Å². The average Bonchev–Trinajstić information content (AvgIpc) is 2.38. The van der Waals surface area contributed by atoms with Crippen molar-refractivity contribution in [2.75, 3.05) is 0 Å². The molecule has 1 aliphatic carbocycles. The Hall–Kier alpha value is -0.530. The van der Waals surface area contributed by atoms with Gasteiger partial charge >= 0.3 is 0 Å². The Morgan fingerprint density at radius 2 is 1.69 bits per heavy atom. The fourth-order valence-electron chi connectivity index (χ4n) is 1.27. The predicted molar refractivity (Wildman–Crippen MR) is 54.5 cm³/mol. The highest BCUT2D eigenvalue weighted by Gasteiger charge is 2.07. The maximum Gasteiger partial charge on any atom is 0.293 e. The summed E-state index contributed by atoms with van der Waals surface area (Å²) in [7, 11) is 0. The van der Waals surface area contributed by atoms with Gasteiger partial charge < -0.3 is 4.74 Å². The third-order valence-electron chi connectivity index (χ3n) is 2.05. The highest BCUT2D eigenvalue weighted by Crippen LogP contribution is 2.22. The smallest absolute Gasteiger partial charge is 0.293 e. The van der Waals surface area contributed by atoms with Crippen LogP contribution >= 0.6 is 0 Å². The Bertz CT molecular complexity index is 130. The molecular weight excluding hydrogens is 164 g/mol. The van der Waals surface area contributed by atoms with Crippen LogP contribution in [0.25, 0.3) is 0 Å². The molecular formula is C11H22O2. The number of carbonyl (C=O) groups excluding carboxylic acids is 1. The van der Waals surface area contributed by atoms with Crippen LogP contribution < -0.4 is 0 Å².